The summed E-state index contributed by atoms with van der Waals surface area (Å²) in [5.41, 5.74) is 1.39. The summed E-state index contributed by atoms with van der Waals surface area (Å²) in [7, 11) is 3.84. The predicted octanol–water partition coefficient (Wildman–Crippen LogP) is -1.29. The zero-order valence-corrected chi connectivity index (χ0v) is 12.6. The van der Waals surface area contributed by atoms with Gasteiger partial charge in [-0.25, -0.2) is 4.79 Å². The van der Waals surface area contributed by atoms with Gasteiger partial charge in [0.05, 0.1) is 14.2 Å². The smallest absolute Gasteiger partial charge is 0.336 e. The fourth-order valence-corrected chi connectivity index (χ4v) is 2.96. The van der Waals surface area contributed by atoms with Crippen LogP contribution in [0.15, 0.2) is 33.5 Å². The van der Waals surface area contributed by atoms with E-state index in [2.05, 4.69) is 7.05 Å². The number of nitrogens with one attached hydrogen (secondary N) is 2. The second-order valence-corrected chi connectivity index (χ2v) is 5.84. The maximum Gasteiger partial charge on any atom is 0.336 e. The SMILES string of the molecule is COc1ccc2c(C[NH+]3CC[NH+](C)CC3)cc(=O)oc2c1. The van der Waals surface area contributed by atoms with E-state index in [1.54, 1.807) is 24.1 Å². The third-order valence-electron chi connectivity index (χ3n) is 4.29. The average molecular weight is 290 g/mol. The van der Waals surface area contributed by atoms with Crippen LogP contribution in [0.4, 0.5) is 0 Å². The van der Waals surface area contributed by atoms with Gasteiger partial charge >= 0.3 is 5.63 Å². The molecule has 2 heterocycles. The molecule has 0 radical (unpaired) electrons. The first-order valence-electron chi connectivity index (χ1n) is 7.41. The van der Waals surface area contributed by atoms with E-state index in [-0.39, 0.29) is 5.63 Å². The molecule has 1 saturated heterocycles. The van der Waals surface area contributed by atoms with Crippen molar-refractivity contribution < 1.29 is 19.0 Å². The van der Waals surface area contributed by atoms with E-state index in [1.165, 1.54) is 18.0 Å². The minimum atomic E-state index is -0.287. The van der Waals surface area contributed by atoms with Crippen LogP contribution in [0.5, 0.6) is 5.75 Å². The second-order valence-electron chi connectivity index (χ2n) is 5.84. The maximum atomic E-state index is 11.8. The molecule has 1 aliphatic heterocycles. The monoisotopic (exact) mass is 290 g/mol. The summed E-state index contributed by atoms with van der Waals surface area (Å²) < 4.78 is 10.5. The molecule has 0 amide bonds. The van der Waals surface area contributed by atoms with Crippen molar-refractivity contribution in [1.82, 2.24) is 0 Å². The molecule has 1 fully saturated rings. The van der Waals surface area contributed by atoms with Gasteiger partial charge < -0.3 is 19.0 Å². The van der Waals surface area contributed by atoms with Crippen molar-refractivity contribution in [2.24, 2.45) is 0 Å². The number of hydrogen-bond acceptors (Lipinski definition) is 3. The van der Waals surface area contributed by atoms with Crippen LogP contribution >= 0.6 is 0 Å². The maximum absolute atomic E-state index is 11.8. The zero-order valence-electron chi connectivity index (χ0n) is 12.6. The quantitative estimate of drug-likeness (QED) is 0.692. The molecule has 0 atom stereocenters. The first kappa shape index (κ1) is 14.1. The van der Waals surface area contributed by atoms with Gasteiger partial charge in [0.1, 0.15) is 44.1 Å². The zero-order chi connectivity index (χ0) is 14.8. The molecule has 0 saturated carbocycles. The minimum Gasteiger partial charge on any atom is -0.497 e. The van der Waals surface area contributed by atoms with Crippen LogP contribution in [-0.2, 0) is 6.54 Å². The Kier molecular flexibility index (Phi) is 3.94. The van der Waals surface area contributed by atoms with Crippen molar-refractivity contribution in [3.05, 3.63) is 40.2 Å². The van der Waals surface area contributed by atoms with E-state index in [9.17, 15) is 4.79 Å². The molecule has 2 aromatic rings. The summed E-state index contributed by atoms with van der Waals surface area (Å²) in [6.07, 6.45) is 0. The van der Waals surface area contributed by atoms with Crippen LogP contribution < -0.4 is 20.2 Å². The Morgan fingerprint density at radius 2 is 1.95 bits per heavy atom. The lowest BCUT2D eigenvalue weighted by Crippen LogP contribution is -3.26. The highest BCUT2D eigenvalue weighted by molar-refractivity contribution is 5.81. The van der Waals surface area contributed by atoms with Crippen LogP contribution in [0.25, 0.3) is 11.0 Å². The summed E-state index contributed by atoms with van der Waals surface area (Å²) in [4.78, 5) is 14.9. The standard InChI is InChI=1S/C16H20N2O3/c1-17-5-7-18(8-6-17)11-12-9-16(19)21-15-10-13(20-2)3-4-14(12)15/h3-4,9-10H,5-8,11H2,1-2H3/p+2. The Labute approximate surface area is 123 Å². The Balaban J connectivity index is 1.92. The van der Waals surface area contributed by atoms with Gasteiger partial charge in [0.15, 0.2) is 0 Å². The molecule has 5 nitrogen and oxygen atoms in total. The fraction of sp³-hybridized carbons (Fsp3) is 0.438. The normalized spacial score (nSPS) is 22.4. The highest BCUT2D eigenvalue weighted by atomic mass is 16.5. The van der Waals surface area contributed by atoms with E-state index < -0.39 is 0 Å². The third kappa shape index (κ3) is 3.09. The van der Waals surface area contributed by atoms with Gasteiger partial charge in [0.2, 0.25) is 0 Å². The van der Waals surface area contributed by atoms with Gasteiger partial charge in [-0.2, -0.15) is 0 Å². The lowest BCUT2D eigenvalue weighted by atomic mass is 10.1. The number of quaternary nitrogens is 2. The van der Waals surface area contributed by atoms with Crippen molar-refractivity contribution in [2.45, 2.75) is 6.54 Å². The number of hydrogen-bond donors (Lipinski definition) is 2. The molecule has 112 valence electrons. The number of likely N-dealkylation sites (N-methyl/N-ethyl adjacent to an activating group) is 1. The number of rotatable bonds is 3. The molecule has 5 heteroatoms. The Bertz CT molecular complexity index is 687. The molecule has 1 aliphatic rings. The molecule has 0 aliphatic carbocycles. The van der Waals surface area contributed by atoms with Gasteiger partial charge in [-0.3, -0.25) is 0 Å². The second kappa shape index (κ2) is 5.87. The van der Waals surface area contributed by atoms with Crippen LogP contribution in [0.3, 0.4) is 0 Å². The van der Waals surface area contributed by atoms with Crippen LogP contribution in [0.2, 0.25) is 0 Å². The van der Waals surface area contributed by atoms with Gasteiger partial charge in [-0.1, -0.05) is 0 Å². The molecule has 1 aromatic heterocycles. The van der Waals surface area contributed by atoms with Crippen molar-refractivity contribution in [1.29, 1.82) is 0 Å². The Morgan fingerprint density at radius 3 is 2.67 bits per heavy atom. The molecule has 1 aromatic carbocycles. The summed E-state index contributed by atoms with van der Waals surface area (Å²) in [5, 5.41) is 1.01. The van der Waals surface area contributed by atoms with E-state index in [1.807, 2.05) is 12.1 Å². The van der Waals surface area contributed by atoms with E-state index in [0.717, 1.165) is 30.6 Å². The first-order chi connectivity index (χ1) is 10.2. The molecular formula is C16H22N2O3+2. The average Bonchev–Trinajstić information content (AvgIpc) is 2.48. The van der Waals surface area contributed by atoms with E-state index in [4.69, 9.17) is 9.15 Å². The largest absolute Gasteiger partial charge is 0.497 e. The highest BCUT2D eigenvalue weighted by Gasteiger charge is 2.21. The number of fused-ring (bicyclic) bond motifs is 1. The van der Waals surface area contributed by atoms with Gasteiger partial charge in [0.25, 0.3) is 0 Å². The predicted molar refractivity (Wildman–Crippen MR) is 80.1 cm³/mol. The number of ether oxygens (including phenoxy) is 1. The number of piperazine rings is 1. The lowest BCUT2D eigenvalue weighted by Gasteiger charge is -2.27. The molecular weight excluding hydrogens is 268 g/mol. The number of benzene rings is 1. The summed E-state index contributed by atoms with van der Waals surface area (Å²) in [6, 6.07) is 7.30. The van der Waals surface area contributed by atoms with Crippen LogP contribution in [0, 0.1) is 0 Å². The van der Waals surface area contributed by atoms with Gasteiger partial charge in [-0.05, 0) is 12.1 Å². The minimum absolute atomic E-state index is 0.287. The first-order valence-corrected chi connectivity index (χ1v) is 7.41. The molecule has 3 rings (SSSR count). The summed E-state index contributed by atoms with van der Waals surface area (Å²) in [5.74, 6) is 0.707. The van der Waals surface area contributed by atoms with Crippen molar-refractivity contribution in [2.75, 3.05) is 40.3 Å². The molecule has 0 unspecified atom stereocenters. The van der Waals surface area contributed by atoms with E-state index in [0.29, 0.717) is 11.3 Å². The number of methoxy groups -OCH3 is 1. The van der Waals surface area contributed by atoms with Crippen LogP contribution in [0.1, 0.15) is 5.56 Å². The summed E-state index contributed by atoms with van der Waals surface area (Å²) in [6.45, 7) is 5.53. The lowest BCUT2D eigenvalue weighted by molar-refractivity contribution is -1.01. The Morgan fingerprint density at radius 1 is 1.19 bits per heavy atom. The van der Waals surface area contributed by atoms with Gasteiger partial charge in [-0.15, -0.1) is 0 Å². The van der Waals surface area contributed by atoms with Crippen LogP contribution in [-0.4, -0.2) is 40.3 Å². The summed E-state index contributed by atoms with van der Waals surface area (Å²) >= 11 is 0. The highest BCUT2D eigenvalue weighted by Crippen LogP contribution is 2.22. The molecule has 0 spiro atoms. The fourth-order valence-electron chi connectivity index (χ4n) is 2.96. The Hall–Kier alpha value is -1.85. The molecule has 2 N–H and O–H groups in total. The van der Waals surface area contributed by atoms with Crippen molar-refractivity contribution in [3.8, 4) is 5.75 Å². The van der Waals surface area contributed by atoms with Crippen molar-refractivity contribution >= 4 is 11.0 Å². The topological polar surface area (TPSA) is 48.3 Å². The van der Waals surface area contributed by atoms with E-state index >= 15 is 0 Å². The molecule has 0 bridgehead atoms. The van der Waals surface area contributed by atoms with Gasteiger partial charge in [0, 0.05) is 23.1 Å². The molecule has 21 heavy (non-hydrogen) atoms. The third-order valence-corrected chi connectivity index (χ3v) is 4.29. The van der Waals surface area contributed by atoms with Crippen molar-refractivity contribution in [3.63, 3.8) is 0 Å².